The smallest absolute Gasteiger partial charge is 0.423 e. The van der Waals surface area contributed by atoms with Gasteiger partial charge < -0.3 is 14.6 Å². The van der Waals surface area contributed by atoms with Crippen molar-refractivity contribution in [2.24, 2.45) is 29.6 Å². The molecule has 3 aromatic rings. The molecule has 2 N–H and O–H groups in total. The molecular weight excluding hydrogens is 669 g/mol. The Bertz CT molecular complexity index is 2070. The number of nitrogens with zero attached hydrogens (tertiary/aromatic N) is 2. The van der Waals surface area contributed by atoms with Gasteiger partial charge in [-0.2, -0.15) is 9.91 Å². The highest BCUT2D eigenvalue weighted by molar-refractivity contribution is 6.30. The molecule has 2 aliphatic carbocycles. The molecule has 0 radical (unpaired) electrons. The maximum Gasteiger partial charge on any atom is 0.423 e. The first-order chi connectivity index (χ1) is 24.0. The van der Waals surface area contributed by atoms with Gasteiger partial charge in [-0.25, -0.2) is 9.18 Å². The van der Waals surface area contributed by atoms with Crippen molar-refractivity contribution in [3.05, 3.63) is 112 Å². The van der Waals surface area contributed by atoms with Gasteiger partial charge in [0.05, 0.1) is 42.2 Å². The van der Waals surface area contributed by atoms with E-state index in [2.05, 4.69) is 5.43 Å². The Morgan fingerprint density at radius 2 is 1.74 bits per heavy atom. The molecule has 6 unspecified atom stereocenters. The fourth-order valence-corrected chi connectivity index (χ4v) is 8.87. The molecule has 3 heterocycles. The topological polar surface area (TPSA) is 143 Å². The Kier molecular flexibility index (Phi) is 7.34. The molecule has 2 saturated heterocycles. The van der Waals surface area contributed by atoms with E-state index in [-0.39, 0.29) is 25.0 Å². The van der Waals surface area contributed by atoms with Gasteiger partial charge in [0.2, 0.25) is 11.8 Å². The average Bonchev–Trinajstić information content (AvgIpc) is 3.49. The van der Waals surface area contributed by atoms with Crippen LogP contribution in [-0.4, -0.2) is 51.8 Å². The number of fused-ring (bicyclic) bond motifs is 5. The van der Waals surface area contributed by atoms with Gasteiger partial charge in [-0.15, -0.1) is 0 Å². The lowest BCUT2D eigenvalue weighted by molar-refractivity contribution is -0.140. The SMILES string of the molecule is COC(=O)N1C(=O)C2CC=C3C(CC4C(=O)N(Nc5ccc(F)cc5)C(=O)C4(c4ccc(Cl)cc4)C3C3=COc4ccc(O)cc4C3)C2C1=O. The first kappa shape index (κ1) is 31.8. The number of carbonyl (C=O) groups excluding carboxylic acids is 5. The summed E-state index contributed by atoms with van der Waals surface area (Å²) in [6.07, 6.45) is 2.64. The molecule has 6 atom stereocenters. The molecular formula is C37H29ClFN3O8. The molecule has 50 heavy (non-hydrogen) atoms. The number of likely N-dealkylation sites (tertiary alicyclic amines) is 1. The number of hydrazine groups is 1. The zero-order valence-corrected chi connectivity index (χ0v) is 27.2. The number of imide groups is 4. The molecule has 13 heteroatoms. The molecule has 3 aliphatic heterocycles. The maximum atomic E-state index is 15.2. The van der Waals surface area contributed by atoms with Gasteiger partial charge >= 0.3 is 6.09 Å². The molecule has 11 nitrogen and oxygen atoms in total. The van der Waals surface area contributed by atoms with Crippen LogP contribution in [0.1, 0.15) is 24.0 Å². The van der Waals surface area contributed by atoms with Crippen molar-refractivity contribution in [3.63, 3.8) is 0 Å². The molecule has 0 spiro atoms. The van der Waals surface area contributed by atoms with E-state index in [4.69, 9.17) is 21.1 Å². The van der Waals surface area contributed by atoms with Crippen molar-refractivity contribution in [1.29, 1.82) is 0 Å². The number of benzene rings is 3. The minimum absolute atomic E-state index is 0.00214. The molecule has 5 aliphatic rings. The first-order valence-corrected chi connectivity index (χ1v) is 16.4. The Balaban J connectivity index is 1.33. The molecule has 3 fully saturated rings. The van der Waals surface area contributed by atoms with E-state index in [9.17, 15) is 28.7 Å². The fourth-order valence-electron chi connectivity index (χ4n) is 8.74. The Labute approximate surface area is 289 Å². The van der Waals surface area contributed by atoms with Crippen molar-refractivity contribution in [3.8, 4) is 11.5 Å². The Hall–Kier alpha value is -5.49. The van der Waals surface area contributed by atoms with E-state index >= 15 is 4.79 Å². The molecule has 0 aromatic heterocycles. The zero-order chi connectivity index (χ0) is 35.1. The number of carbonyl (C=O) groups is 5. The summed E-state index contributed by atoms with van der Waals surface area (Å²) in [5.74, 6) is -7.07. The zero-order valence-electron chi connectivity index (χ0n) is 26.5. The van der Waals surface area contributed by atoms with Gasteiger partial charge in [0.1, 0.15) is 17.3 Å². The maximum absolute atomic E-state index is 15.2. The minimum atomic E-state index is -1.60. The van der Waals surface area contributed by atoms with E-state index in [0.717, 1.165) is 12.1 Å². The van der Waals surface area contributed by atoms with Gasteiger partial charge in [-0.05, 0) is 84.5 Å². The number of hydrogen-bond acceptors (Lipinski definition) is 9. The summed E-state index contributed by atoms with van der Waals surface area (Å²) in [6.45, 7) is 0. The number of halogens is 2. The third-order valence-corrected chi connectivity index (χ3v) is 11.0. The number of nitrogens with one attached hydrogen (secondary N) is 1. The first-order valence-electron chi connectivity index (χ1n) is 16.0. The number of anilines is 1. The van der Waals surface area contributed by atoms with Crippen LogP contribution in [0, 0.1) is 35.4 Å². The number of methoxy groups -OCH3 is 1. The largest absolute Gasteiger partial charge is 0.508 e. The molecule has 254 valence electrons. The van der Waals surface area contributed by atoms with Crippen LogP contribution in [0.4, 0.5) is 14.9 Å². The predicted molar refractivity (Wildman–Crippen MR) is 175 cm³/mol. The average molecular weight is 698 g/mol. The normalized spacial score (nSPS) is 28.2. The number of phenolic OH excluding ortho intramolecular Hbond substituents is 1. The van der Waals surface area contributed by atoms with Gasteiger partial charge in [0.25, 0.3) is 11.8 Å². The van der Waals surface area contributed by atoms with Crippen LogP contribution < -0.4 is 10.2 Å². The number of rotatable bonds is 4. The van der Waals surface area contributed by atoms with Crippen molar-refractivity contribution < 1.29 is 42.9 Å². The summed E-state index contributed by atoms with van der Waals surface area (Å²) in [6, 6.07) is 16.6. The highest BCUT2D eigenvalue weighted by Gasteiger charge is 2.71. The van der Waals surface area contributed by atoms with E-state index in [0.29, 0.717) is 43.6 Å². The molecule has 8 rings (SSSR count). The van der Waals surface area contributed by atoms with Crippen molar-refractivity contribution in [1.82, 2.24) is 9.91 Å². The van der Waals surface area contributed by atoms with Gasteiger partial charge in [-0.3, -0.25) is 24.6 Å². The highest BCUT2D eigenvalue weighted by atomic mass is 35.5. The molecule has 0 bridgehead atoms. The van der Waals surface area contributed by atoms with E-state index in [1.165, 1.54) is 30.3 Å². The number of aromatic hydroxyl groups is 1. The van der Waals surface area contributed by atoms with Crippen LogP contribution in [0.25, 0.3) is 0 Å². The van der Waals surface area contributed by atoms with Crippen LogP contribution >= 0.6 is 11.6 Å². The van der Waals surface area contributed by atoms with Crippen LogP contribution in [0.2, 0.25) is 5.02 Å². The van der Waals surface area contributed by atoms with Crippen molar-refractivity contribution in [2.45, 2.75) is 24.7 Å². The molecule has 3 aromatic carbocycles. The van der Waals surface area contributed by atoms with Crippen LogP contribution in [-0.2, 0) is 35.8 Å². The summed E-state index contributed by atoms with van der Waals surface area (Å²) in [4.78, 5) is 70.4. The number of amides is 5. The second-order valence-electron chi connectivity index (χ2n) is 13.1. The van der Waals surface area contributed by atoms with Gasteiger partial charge in [-0.1, -0.05) is 35.4 Å². The van der Waals surface area contributed by atoms with E-state index in [1.807, 2.05) is 6.08 Å². The summed E-state index contributed by atoms with van der Waals surface area (Å²) in [7, 11) is 1.09. The predicted octanol–water partition coefficient (Wildman–Crippen LogP) is 5.29. The van der Waals surface area contributed by atoms with Crippen LogP contribution in [0.15, 0.2) is 90.2 Å². The summed E-state index contributed by atoms with van der Waals surface area (Å²) >= 11 is 6.33. The molecule has 5 amide bonds. The quantitative estimate of drug-likeness (QED) is 0.275. The highest BCUT2D eigenvalue weighted by Crippen LogP contribution is 2.63. The number of phenols is 1. The standard InChI is InChI=1S/C37H29ClFN3O8/c1-49-36(48)41-32(44)26-12-11-25-27(30(26)34(41)46)16-28-33(45)42(40-23-8-6-22(39)7-9-23)35(47)37(28,20-2-4-21(38)5-3-20)31(25)19-14-18-15-24(43)10-13-29(18)50-17-19/h2-11,13,15,17,26-28,30-31,40,43H,12,14,16H2,1H3. The minimum Gasteiger partial charge on any atom is -0.508 e. The van der Waals surface area contributed by atoms with Crippen molar-refractivity contribution in [2.75, 3.05) is 12.5 Å². The van der Waals surface area contributed by atoms with Gasteiger partial charge in [0, 0.05) is 22.9 Å². The number of hydrogen-bond donors (Lipinski definition) is 2. The summed E-state index contributed by atoms with van der Waals surface area (Å²) in [5.41, 5.74) is 3.99. The van der Waals surface area contributed by atoms with E-state index in [1.54, 1.807) is 42.7 Å². The fraction of sp³-hybridized carbons (Fsp3) is 0.270. The lowest BCUT2D eigenvalue weighted by Gasteiger charge is -2.51. The lowest BCUT2D eigenvalue weighted by atomic mass is 9.48. The van der Waals surface area contributed by atoms with Crippen molar-refractivity contribution >= 4 is 47.0 Å². The lowest BCUT2D eigenvalue weighted by Crippen LogP contribution is -2.55. The third-order valence-electron chi connectivity index (χ3n) is 10.8. The monoisotopic (exact) mass is 697 g/mol. The van der Waals surface area contributed by atoms with E-state index < -0.39 is 70.5 Å². The number of allylic oxidation sites excluding steroid dienone is 3. The summed E-state index contributed by atoms with van der Waals surface area (Å²) < 4.78 is 24.7. The number of ether oxygens (including phenoxy) is 2. The Morgan fingerprint density at radius 1 is 1.00 bits per heavy atom. The Morgan fingerprint density at radius 3 is 2.46 bits per heavy atom. The molecule has 1 saturated carbocycles. The second kappa shape index (κ2) is 11.5. The summed E-state index contributed by atoms with van der Waals surface area (Å²) in [5, 5.41) is 11.7. The van der Waals surface area contributed by atoms with Crippen LogP contribution in [0.3, 0.4) is 0 Å². The van der Waals surface area contributed by atoms with Crippen LogP contribution in [0.5, 0.6) is 11.5 Å². The third kappa shape index (κ3) is 4.51. The van der Waals surface area contributed by atoms with Gasteiger partial charge in [0.15, 0.2) is 0 Å². The second-order valence-corrected chi connectivity index (χ2v) is 13.6.